The van der Waals surface area contributed by atoms with Crippen molar-refractivity contribution in [3.63, 3.8) is 0 Å². The molecule has 2 unspecified atom stereocenters. The van der Waals surface area contributed by atoms with Crippen molar-refractivity contribution in [2.45, 2.75) is 47.4 Å². The average Bonchev–Trinajstić information content (AvgIpc) is 3.06. The number of nitrogens with two attached hydrogens (primary N) is 1. The Morgan fingerprint density at radius 1 is 1.48 bits per heavy atom. The molecule has 2 heterocycles. The van der Waals surface area contributed by atoms with Gasteiger partial charge in [0.25, 0.3) is 10.0 Å². The number of thiophene rings is 1. The van der Waals surface area contributed by atoms with Crippen molar-refractivity contribution in [1.82, 2.24) is 9.62 Å². The van der Waals surface area contributed by atoms with Crippen LogP contribution >= 0.6 is 11.3 Å². The van der Waals surface area contributed by atoms with Gasteiger partial charge in [-0.25, -0.2) is 22.0 Å². The zero-order valence-electron chi connectivity index (χ0n) is 15.7. The molecule has 1 aliphatic heterocycles. The van der Waals surface area contributed by atoms with E-state index in [1.165, 1.54) is 17.5 Å². The summed E-state index contributed by atoms with van der Waals surface area (Å²) < 4.78 is 61.0. The van der Waals surface area contributed by atoms with Gasteiger partial charge in [0.2, 0.25) is 10.0 Å². The van der Waals surface area contributed by atoms with E-state index in [1.54, 1.807) is 6.92 Å². The summed E-state index contributed by atoms with van der Waals surface area (Å²) in [6.07, 6.45) is 1.01. The molecule has 0 amide bonds. The first-order chi connectivity index (χ1) is 12.6. The van der Waals surface area contributed by atoms with Crippen molar-refractivity contribution in [2.75, 3.05) is 33.4 Å². The maximum Gasteiger partial charge on any atom is 0.252 e. The van der Waals surface area contributed by atoms with Gasteiger partial charge in [-0.15, -0.1) is 11.3 Å². The van der Waals surface area contributed by atoms with Gasteiger partial charge in [-0.05, 0) is 32.4 Å². The van der Waals surface area contributed by atoms with Crippen molar-refractivity contribution >= 4 is 31.4 Å². The zero-order valence-corrected chi connectivity index (χ0v) is 18.1. The fourth-order valence-corrected chi connectivity index (χ4v) is 7.04. The molecule has 0 fully saturated rings. The molecule has 1 aromatic rings. The Labute approximate surface area is 164 Å². The lowest BCUT2D eigenvalue weighted by molar-refractivity contribution is -0.111. The molecule has 0 aromatic carbocycles. The third-order valence-electron chi connectivity index (χ3n) is 4.20. The lowest BCUT2D eigenvalue weighted by atomic mass is 10.1. The minimum Gasteiger partial charge on any atom is -0.356 e. The average molecular weight is 442 g/mol. The van der Waals surface area contributed by atoms with E-state index in [-0.39, 0.29) is 33.8 Å². The van der Waals surface area contributed by atoms with Crippen molar-refractivity contribution < 1.29 is 26.3 Å². The number of fused-ring (bicyclic) bond motifs is 1. The molecule has 3 N–H and O–H groups in total. The fourth-order valence-electron chi connectivity index (χ4n) is 2.73. The van der Waals surface area contributed by atoms with Crippen molar-refractivity contribution in [3.8, 4) is 0 Å². The van der Waals surface area contributed by atoms with Gasteiger partial charge in [-0.3, -0.25) is 0 Å². The fraction of sp³-hybridized carbons (Fsp3) is 0.733. The second-order valence-electron chi connectivity index (χ2n) is 6.25. The Bertz CT molecular complexity index is 837. The second-order valence-corrected chi connectivity index (χ2v) is 11.2. The summed E-state index contributed by atoms with van der Waals surface area (Å²) in [7, 11) is -6.22. The van der Waals surface area contributed by atoms with Crippen LogP contribution in [0.3, 0.4) is 0 Å². The predicted molar refractivity (Wildman–Crippen MR) is 103 cm³/mol. The third kappa shape index (κ3) is 5.48. The molecule has 9 nitrogen and oxygen atoms in total. The van der Waals surface area contributed by atoms with Crippen LogP contribution in [0.4, 0.5) is 0 Å². The molecular formula is C15H27N3O6S3. The number of primary sulfonamides is 1. The molecule has 0 saturated carbocycles. The molecule has 2 atom stereocenters. The van der Waals surface area contributed by atoms with Crippen LogP contribution in [-0.2, 0) is 29.5 Å². The number of rotatable bonds is 10. The van der Waals surface area contributed by atoms with Gasteiger partial charge in [0.1, 0.15) is 8.42 Å². The minimum atomic E-state index is -3.97. The van der Waals surface area contributed by atoms with Gasteiger partial charge in [0.05, 0.1) is 6.61 Å². The Kier molecular flexibility index (Phi) is 7.78. The van der Waals surface area contributed by atoms with Gasteiger partial charge in [0, 0.05) is 31.8 Å². The van der Waals surface area contributed by atoms with Gasteiger partial charge in [-0.1, -0.05) is 6.92 Å². The predicted octanol–water partition coefficient (Wildman–Crippen LogP) is 0.840. The molecule has 0 radical (unpaired) electrons. The summed E-state index contributed by atoms with van der Waals surface area (Å²) in [6, 6.07) is 1.09. The van der Waals surface area contributed by atoms with E-state index in [0.717, 1.165) is 6.42 Å². The zero-order chi connectivity index (χ0) is 20.2. The first-order valence-electron chi connectivity index (χ1n) is 8.65. The summed E-state index contributed by atoms with van der Waals surface area (Å²) in [5.74, 6) is 0. The highest BCUT2D eigenvalue weighted by atomic mass is 32.3. The van der Waals surface area contributed by atoms with Crippen LogP contribution < -0.4 is 10.5 Å². The van der Waals surface area contributed by atoms with Crippen LogP contribution in [0.15, 0.2) is 14.5 Å². The second kappa shape index (κ2) is 9.27. The number of nitrogens with zero attached hydrogens (tertiary/aromatic N) is 1. The molecule has 1 aromatic heterocycles. The van der Waals surface area contributed by atoms with Gasteiger partial charge >= 0.3 is 0 Å². The van der Waals surface area contributed by atoms with Crippen LogP contribution in [0.2, 0.25) is 0 Å². The van der Waals surface area contributed by atoms with E-state index in [9.17, 15) is 16.8 Å². The molecule has 0 aliphatic carbocycles. The Hall–Kier alpha value is -0.600. The molecule has 156 valence electrons. The summed E-state index contributed by atoms with van der Waals surface area (Å²) in [5, 5.41) is 8.49. The van der Waals surface area contributed by atoms with Crippen molar-refractivity contribution in [2.24, 2.45) is 5.14 Å². The third-order valence-corrected chi connectivity index (χ3v) is 9.16. The number of hydrogen-bond acceptors (Lipinski definition) is 8. The first-order valence-corrected chi connectivity index (χ1v) is 12.5. The molecule has 0 spiro atoms. The summed E-state index contributed by atoms with van der Waals surface area (Å²) >= 11 is 0.704. The lowest BCUT2D eigenvalue weighted by Crippen LogP contribution is -2.44. The van der Waals surface area contributed by atoms with Crippen LogP contribution in [0.25, 0.3) is 0 Å². The van der Waals surface area contributed by atoms with Crippen LogP contribution in [0.5, 0.6) is 0 Å². The highest BCUT2D eigenvalue weighted by molar-refractivity contribution is 7.94. The highest BCUT2D eigenvalue weighted by Gasteiger charge is 2.39. The summed E-state index contributed by atoms with van der Waals surface area (Å²) in [5.41, 5.74) is 0.470. The minimum absolute atomic E-state index is 0.0394. The number of sulfonamides is 2. The molecule has 12 heteroatoms. The number of ether oxygens (including phenoxy) is 2. The van der Waals surface area contributed by atoms with E-state index in [4.69, 9.17) is 14.6 Å². The van der Waals surface area contributed by atoms with Crippen LogP contribution in [0.1, 0.15) is 38.3 Å². The molecule has 0 saturated heterocycles. The smallest absolute Gasteiger partial charge is 0.252 e. The number of hydrogen-bond donors (Lipinski definition) is 2. The Morgan fingerprint density at radius 2 is 2.19 bits per heavy atom. The quantitative estimate of drug-likeness (QED) is 0.407. The maximum atomic E-state index is 13.0. The normalized spacial score (nSPS) is 21.1. The summed E-state index contributed by atoms with van der Waals surface area (Å²) in [4.78, 5) is 0. The van der Waals surface area contributed by atoms with Crippen molar-refractivity contribution in [1.29, 1.82) is 0 Å². The van der Waals surface area contributed by atoms with Gasteiger partial charge in [-0.2, -0.15) is 4.31 Å². The van der Waals surface area contributed by atoms with E-state index in [0.29, 0.717) is 36.5 Å². The van der Waals surface area contributed by atoms with Crippen molar-refractivity contribution in [3.05, 3.63) is 11.6 Å². The first kappa shape index (κ1) is 22.7. The molecule has 1 aliphatic rings. The SMILES string of the molecule is CCCNC1CN(CCCOC(C)OC)S(=O)(=O)c2sc(S(N)(=O)=O)cc21. The summed E-state index contributed by atoms with van der Waals surface area (Å²) in [6.45, 7) is 5.31. The Balaban J connectivity index is 2.25. The van der Waals surface area contributed by atoms with E-state index in [1.807, 2.05) is 6.92 Å². The van der Waals surface area contributed by atoms with Gasteiger partial charge in [0.15, 0.2) is 6.29 Å². The molecule has 27 heavy (non-hydrogen) atoms. The van der Waals surface area contributed by atoms with Gasteiger partial charge < -0.3 is 14.8 Å². The molecular weight excluding hydrogens is 414 g/mol. The Morgan fingerprint density at radius 3 is 2.78 bits per heavy atom. The molecule has 2 rings (SSSR count). The highest BCUT2D eigenvalue weighted by Crippen LogP contribution is 2.39. The largest absolute Gasteiger partial charge is 0.356 e. The topological polar surface area (TPSA) is 128 Å². The number of nitrogens with one attached hydrogen (secondary N) is 1. The van der Waals surface area contributed by atoms with E-state index >= 15 is 0 Å². The standard InChI is InChI=1S/C15H27N3O6S3/c1-4-6-17-13-10-18(7-5-8-24-11(2)23-3)27(21,22)15-12(13)9-14(25-15)26(16,19)20/h9,11,13,17H,4-8,10H2,1-3H3,(H2,16,19,20). The van der Waals surface area contributed by atoms with E-state index in [2.05, 4.69) is 5.32 Å². The van der Waals surface area contributed by atoms with Crippen LogP contribution in [-0.4, -0.2) is 60.8 Å². The lowest BCUT2D eigenvalue weighted by Gasteiger charge is -2.32. The monoisotopic (exact) mass is 441 g/mol. The number of methoxy groups -OCH3 is 1. The van der Waals surface area contributed by atoms with E-state index < -0.39 is 20.0 Å². The maximum absolute atomic E-state index is 13.0. The van der Waals surface area contributed by atoms with Crippen LogP contribution in [0, 0.1) is 0 Å². The molecule has 0 bridgehead atoms.